The Kier molecular flexibility index (Phi) is 14.2. The van der Waals surface area contributed by atoms with Crippen molar-refractivity contribution >= 4 is 41.3 Å². The number of aromatic nitrogens is 1. The van der Waals surface area contributed by atoms with E-state index in [9.17, 15) is 14.7 Å². The highest BCUT2D eigenvalue weighted by Gasteiger charge is 2.28. The number of aryl methyl sites for hydroxylation is 1. The van der Waals surface area contributed by atoms with Crippen LogP contribution in [0, 0.1) is 0 Å². The summed E-state index contributed by atoms with van der Waals surface area (Å²) in [6, 6.07) is 12.5. The Morgan fingerprint density at radius 2 is 1.85 bits per heavy atom. The predicted molar refractivity (Wildman–Crippen MR) is 200 cm³/mol. The van der Waals surface area contributed by atoms with Crippen molar-refractivity contribution in [1.29, 1.82) is 0 Å². The Morgan fingerprint density at radius 1 is 1.10 bits per heavy atom. The maximum absolute atomic E-state index is 13.0. The number of β-amino-alcohol motifs (C(OH)–C–C–N with tert-alkyl or cyclic N) is 1. The minimum absolute atomic E-state index is 0.114. The first-order valence-electron chi connectivity index (χ1n) is 17.5. The number of nitrogens with one attached hydrogen (secondary N) is 2. The van der Waals surface area contributed by atoms with Crippen molar-refractivity contribution in [2.75, 3.05) is 27.2 Å². The molecular formula is C39H54N4O4S. The highest BCUT2D eigenvalue weighted by molar-refractivity contribution is 7.96. The van der Waals surface area contributed by atoms with Crippen molar-refractivity contribution in [3.8, 4) is 17.0 Å². The minimum Gasteiger partial charge on any atom is -0.497 e. The molecule has 1 atom stereocenters. The van der Waals surface area contributed by atoms with Gasteiger partial charge >= 0.3 is 0 Å². The third-order valence-corrected chi connectivity index (χ3v) is 9.98. The van der Waals surface area contributed by atoms with Crippen LogP contribution in [0.25, 0.3) is 28.2 Å². The van der Waals surface area contributed by atoms with Crippen molar-refractivity contribution in [2.24, 2.45) is 0 Å². The number of ether oxygens (including phenoxy) is 1. The lowest BCUT2D eigenvalue weighted by molar-refractivity contribution is -0.107. The molecule has 2 aromatic carbocycles. The maximum Gasteiger partial charge on any atom is 0.262 e. The predicted octanol–water partition coefficient (Wildman–Crippen LogP) is 8.26. The zero-order valence-electron chi connectivity index (χ0n) is 29.4. The highest BCUT2D eigenvalue weighted by Crippen LogP contribution is 2.45. The van der Waals surface area contributed by atoms with Gasteiger partial charge in [-0.05, 0) is 106 Å². The molecule has 0 unspecified atom stereocenters. The molecule has 9 heteroatoms. The molecule has 1 aromatic heterocycles. The Labute approximate surface area is 291 Å². The zero-order chi connectivity index (χ0) is 34.6. The van der Waals surface area contributed by atoms with Crippen LogP contribution >= 0.6 is 12.1 Å². The number of likely N-dealkylation sites (tertiary alicyclic amines) is 1. The highest BCUT2D eigenvalue weighted by atomic mass is 32.2. The van der Waals surface area contributed by atoms with Crippen LogP contribution in [0.3, 0.4) is 0 Å². The smallest absolute Gasteiger partial charge is 0.262 e. The second-order valence-corrected chi connectivity index (χ2v) is 13.6. The van der Waals surface area contributed by atoms with Crippen molar-refractivity contribution in [2.45, 2.75) is 97.1 Å². The molecule has 3 aromatic rings. The van der Waals surface area contributed by atoms with Gasteiger partial charge in [-0.2, -0.15) is 0 Å². The molecule has 5 rings (SSSR count). The Bertz CT molecular complexity index is 1590. The molecule has 1 aliphatic heterocycles. The van der Waals surface area contributed by atoms with Gasteiger partial charge in [0.1, 0.15) is 12.0 Å². The second kappa shape index (κ2) is 18.3. The lowest BCUT2D eigenvalue weighted by Crippen LogP contribution is -2.21. The van der Waals surface area contributed by atoms with Gasteiger partial charge in [-0.3, -0.25) is 9.52 Å². The molecule has 1 saturated heterocycles. The third kappa shape index (κ3) is 8.92. The van der Waals surface area contributed by atoms with E-state index in [1.807, 2.05) is 13.0 Å². The SMILES string of the molecule is C=C(/C(C)=C/c1cc(OC)ccc1-c1c(C2CCCCCC2)c2ccc(C(=O)NSNC)cc2n1CC)N1CC[C@@H](O)C1.CCCC=O. The van der Waals surface area contributed by atoms with E-state index in [0.29, 0.717) is 24.4 Å². The molecule has 0 bridgehead atoms. The number of allylic oxidation sites excluding steroid dienone is 1. The summed E-state index contributed by atoms with van der Waals surface area (Å²) in [4.78, 5) is 24.5. The summed E-state index contributed by atoms with van der Waals surface area (Å²) >= 11 is 1.18. The van der Waals surface area contributed by atoms with E-state index in [4.69, 9.17) is 4.74 Å². The number of carbonyl (C=O) groups is 2. The molecule has 1 saturated carbocycles. The van der Waals surface area contributed by atoms with Crippen molar-refractivity contribution in [3.63, 3.8) is 0 Å². The first-order valence-corrected chi connectivity index (χ1v) is 18.3. The molecule has 2 heterocycles. The summed E-state index contributed by atoms with van der Waals surface area (Å²) in [6.45, 7) is 12.9. The quantitative estimate of drug-likeness (QED) is 0.0771. The van der Waals surface area contributed by atoms with Crippen LogP contribution in [0.5, 0.6) is 5.75 Å². The van der Waals surface area contributed by atoms with Gasteiger partial charge in [-0.15, -0.1) is 0 Å². The lowest BCUT2D eigenvalue weighted by atomic mass is 9.86. The minimum atomic E-state index is -0.303. The summed E-state index contributed by atoms with van der Waals surface area (Å²) in [5, 5.41) is 11.4. The van der Waals surface area contributed by atoms with Crippen molar-refractivity contribution in [3.05, 3.63) is 70.9 Å². The van der Waals surface area contributed by atoms with Gasteiger partial charge < -0.3 is 24.1 Å². The number of hydrogen-bond acceptors (Lipinski definition) is 7. The molecule has 1 aliphatic carbocycles. The number of methoxy groups -OCH3 is 1. The largest absolute Gasteiger partial charge is 0.497 e. The molecule has 48 heavy (non-hydrogen) atoms. The topological polar surface area (TPSA) is 95.8 Å². The van der Waals surface area contributed by atoms with Gasteiger partial charge in [0.2, 0.25) is 0 Å². The summed E-state index contributed by atoms with van der Waals surface area (Å²) in [7, 11) is 3.49. The number of hydrogen-bond donors (Lipinski definition) is 3. The molecule has 8 nitrogen and oxygen atoms in total. The van der Waals surface area contributed by atoms with Gasteiger partial charge in [-0.25, -0.2) is 4.72 Å². The number of amides is 1. The maximum atomic E-state index is 13.0. The van der Waals surface area contributed by atoms with Gasteiger partial charge in [0.25, 0.3) is 5.91 Å². The summed E-state index contributed by atoms with van der Waals surface area (Å²) in [6.07, 6.45) is 12.7. The molecule has 3 N–H and O–H groups in total. The van der Waals surface area contributed by atoms with E-state index >= 15 is 0 Å². The Morgan fingerprint density at radius 3 is 2.44 bits per heavy atom. The average molecular weight is 675 g/mol. The third-order valence-electron chi connectivity index (χ3n) is 9.48. The number of unbranched alkanes of at least 4 members (excludes halogenated alkanes) is 1. The van der Waals surface area contributed by atoms with Crippen LogP contribution < -0.4 is 14.2 Å². The molecule has 0 radical (unpaired) electrons. The monoisotopic (exact) mass is 674 g/mol. The average Bonchev–Trinajstić information content (AvgIpc) is 3.56. The number of aliphatic hydroxyl groups excluding tert-OH is 1. The second-order valence-electron chi connectivity index (χ2n) is 12.7. The van der Waals surface area contributed by atoms with E-state index < -0.39 is 0 Å². The van der Waals surface area contributed by atoms with Crippen LogP contribution in [0.2, 0.25) is 0 Å². The number of fused-ring (bicyclic) bond motifs is 1. The molecule has 0 spiro atoms. The first-order chi connectivity index (χ1) is 23.3. The van der Waals surface area contributed by atoms with Crippen LogP contribution in [-0.4, -0.2) is 60.1 Å². The lowest BCUT2D eigenvalue weighted by Gasteiger charge is -2.22. The van der Waals surface area contributed by atoms with E-state index in [0.717, 1.165) is 65.9 Å². The van der Waals surface area contributed by atoms with E-state index in [-0.39, 0.29) is 12.0 Å². The molecule has 2 fully saturated rings. The number of benzene rings is 2. The molecule has 260 valence electrons. The molecule has 1 amide bonds. The van der Waals surface area contributed by atoms with Crippen molar-refractivity contribution < 1.29 is 19.4 Å². The van der Waals surface area contributed by atoms with Crippen LogP contribution in [0.15, 0.2) is 54.2 Å². The molecule has 2 aliphatic rings. The van der Waals surface area contributed by atoms with Crippen molar-refractivity contribution in [1.82, 2.24) is 18.9 Å². The van der Waals surface area contributed by atoms with Gasteiger partial charge in [0.05, 0.1) is 18.9 Å². The van der Waals surface area contributed by atoms with Gasteiger partial charge in [-0.1, -0.05) is 45.3 Å². The number of rotatable bonds is 12. The van der Waals surface area contributed by atoms with E-state index in [2.05, 4.69) is 75.7 Å². The zero-order valence-corrected chi connectivity index (χ0v) is 30.3. The first kappa shape index (κ1) is 37.3. The normalized spacial score (nSPS) is 17.1. The fourth-order valence-corrected chi connectivity index (χ4v) is 7.26. The van der Waals surface area contributed by atoms with Crippen LogP contribution in [0.1, 0.15) is 106 Å². The van der Waals surface area contributed by atoms with Crippen LogP contribution in [-0.2, 0) is 11.3 Å². The van der Waals surface area contributed by atoms with E-state index in [1.165, 1.54) is 67.3 Å². The summed E-state index contributed by atoms with van der Waals surface area (Å²) < 4.78 is 13.9. The summed E-state index contributed by atoms with van der Waals surface area (Å²) in [5.74, 6) is 1.14. The Balaban J connectivity index is 0.000000968. The fourth-order valence-electron chi connectivity index (χ4n) is 6.95. The number of aldehydes is 1. The number of nitrogens with zero attached hydrogens (tertiary/aromatic N) is 2. The molecular weight excluding hydrogens is 621 g/mol. The standard InChI is InChI=1S/C35H46N4O3S.C4H8O/c1-6-39-32-21-26(35(41)37-43-36-4)13-15-31(32)33(25-11-9-7-8-10-12-25)34(39)30-16-14-29(42-5)20-27(30)19-23(2)24(3)38-18-17-28(40)22-38;1-2-3-4-5/h13-16,19-21,25,28,36,40H,3,6-12,17-18,22H2,1-2,4-5H3,(H,37,41);4H,2-3H2,1H3/b23-19+;/t28-;/m1./s1. The number of carbonyl (C=O) groups excluding carboxylic acids is 2. The van der Waals surface area contributed by atoms with Crippen LogP contribution in [0.4, 0.5) is 0 Å². The van der Waals surface area contributed by atoms with Gasteiger partial charge in [0.15, 0.2) is 0 Å². The number of aliphatic hydroxyl groups is 1. The van der Waals surface area contributed by atoms with E-state index in [1.54, 1.807) is 14.2 Å². The summed E-state index contributed by atoms with van der Waals surface area (Å²) in [5.41, 5.74) is 8.62. The Hall–Kier alpha value is -3.53. The van der Waals surface area contributed by atoms with Gasteiger partial charge in [0, 0.05) is 65.9 Å². The fraction of sp³-hybridized carbons (Fsp3) is 0.487.